The number of methoxy groups -OCH3 is 1. The number of hydrogen-bond donors (Lipinski definition) is 1. The van der Waals surface area contributed by atoms with Crippen LogP contribution in [0.2, 0.25) is 0 Å². The molecule has 0 aromatic heterocycles. The van der Waals surface area contributed by atoms with E-state index < -0.39 is 0 Å². The van der Waals surface area contributed by atoms with E-state index >= 15 is 0 Å². The van der Waals surface area contributed by atoms with Crippen LogP contribution in [-0.2, 0) is 11.3 Å². The van der Waals surface area contributed by atoms with E-state index in [-0.39, 0.29) is 0 Å². The summed E-state index contributed by atoms with van der Waals surface area (Å²) < 4.78 is 5.36. The van der Waals surface area contributed by atoms with Crippen LogP contribution in [0.25, 0.3) is 0 Å². The highest BCUT2D eigenvalue weighted by Crippen LogP contribution is 2.28. The van der Waals surface area contributed by atoms with E-state index in [9.17, 15) is 4.79 Å². The summed E-state index contributed by atoms with van der Waals surface area (Å²) in [6.07, 6.45) is 0.874. The maximum absolute atomic E-state index is 10.2. The molecule has 16 heavy (non-hydrogen) atoms. The summed E-state index contributed by atoms with van der Waals surface area (Å²) in [7, 11) is 1.69. The number of rotatable bonds is 5. The van der Waals surface area contributed by atoms with Crippen LogP contribution >= 0.6 is 0 Å². The molecule has 0 bridgehead atoms. The lowest BCUT2D eigenvalue weighted by Crippen LogP contribution is -2.16. The topological polar surface area (TPSA) is 38.3 Å². The van der Waals surface area contributed by atoms with Gasteiger partial charge in [0.2, 0.25) is 0 Å². The molecular formula is C13H19NO2. The van der Waals surface area contributed by atoms with Gasteiger partial charge in [0, 0.05) is 6.54 Å². The molecule has 0 saturated heterocycles. The van der Waals surface area contributed by atoms with Gasteiger partial charge in [0.1, 0.15) is 12.0 Å². The third-order valence-electron chi connectivity index (χ3n) is 2.88. The molecule has 0 unspecified atom stereocenters. The summed E-state index contributed by atoms with van der Waals surface area (Å²) in [5.74, 6) is 0.955. The number of hydrogen-bond acceptors (Lipinski definition) is 3. The predicted molar refractivity (Wildman–Crippen MR) is 65.0 cm³/mol. The van der Waals surface area contributed by atoms with Crippen LogP contribution < -0.4 is 10.1 Å². The van der Waals surface area contributed by atoms with Gasteiger partial charge in [-0.1, -0.05) is 6.07 Å². The van der Waals surface area contributed by atoms with Crippen molar-refractivity contribution in [1.29, 1.82) is 0 Å². The number of carbonyl (C=O) groups is 1. The fourth-order valence-corrected chi connectivity index (χ4v) is 1.91. The van der Waals surface area contributed by atoms with Gasteiger partial charge in [0.25, 0.3) is 0 Å². The lowest BCUT2D eigenvalue weighted by molar-refractivity contribution is -0.107. The van der Waals surface area contributed by atoms with Crippen LogP contribution in [0, 0.1) is 20.8 Å². The number of benzene rings is 1. The first kappa shape index (κ1) is 12.7. The number of ether oxygens (including phenoxy) is 1. The minimum atomic E-state index is 0.392. The Hall–Kier alpha value is -1.35. The summed E-state index contributed by atoms with van der Waals surface area (Å²) in [6.45, 7) is 7.29. The van der Waals surface area contributed by atoms with Gasteiger partial charge in [0.15, 0.2) is 0 Å². The van der Waals surface area contributed by atoms with Gasteiger partial charge < -0.3 is 14.8 Å². The first-order chi connectivity index (χ1) is 7.61. The van der Waals surface area contributed by atoms with Gasteiger partial charge in [-0.2, -0.15) is 0 Å². The Labute approximate surface area is 96.8 Å². The number of aryl methyl sites for hydroxylation is 1. The van der Waals surface area contributed by atoms with Crippen molar-refractivity contribution in [2.24, 2.45) is 0 Å². The predicted octanol–water partition coefficient (Wildman–Crippen LogP) is 1.91. The first-order valence-electron chi connectivity index (χ1n) is 5.39. The fourth-order valence-electron chi connectivity index (χ4n) is 1.91. The quantitative estimate of drug-likeness (QED) is 0.609. The van der Waals surface area contributed by atoms with Gasteiger partial charge in [0.05, 0.1) is 13.7 Å². The largest absolute Gasteiger partial charge is 0.496 e. The SMILES string of the molecule is COc1c(C)cc(CNCC=O)c(C)c1C. The van der Waals surface area contributed by atoms with Crippen molar-refractivity contribution in [3.05, 3.63) is 28.3 Å². The highest BCUT2D eigenvalue weighted by Gasteiger charge is 2.09. The van der Waals surface area contributed by atoms with Crippen LogP contribution in [0.5, 0.6) is 5.75 Å². The maximum atomic E-state index is 10.2. The van der Waals surface area contributed by atoms with E-state index in [4.69, 9.17) is 4.74 Å². The minimum absolute atomic E-state index is 0.392. The second kappa shape index (κ2) is 5.66. The Kier molecular flexibility index (Phi) is 4.50. The average Bonchev–Trinajstić information content (AvgIpc) is 2.26. The smallest absolute Gasteiger partial charge is 0.133 e. The molecule has 0 aliphatic rings. The van der Waals surface area contributed by atoms with Gasteiger partial charge in [-0.05, 0) is 43.0 Å². The van der Waals surface area contributed by atoms with E-state index in [0.717, 1.165) is 24.1 Å². The molecule has 3 nitrogen and oxygen atoms in total. The molecule has 0 aliphatic heterocycles. The second-order valence-electron chi connectivity index (χ2n) is 3.93. The molecule has 88 valence electrons. The molecular weight excluding hydrogens is 202 g/mol. The lowest BCUT2D eigenvalue weighted by Gasteiger charge is -2.15. The zero-order valence-electron chi connectivity index (χ0n) is 10.4. The molecule has 0 spiro atoms. The van der Waals surface area contributed by atoms with Crippen LogP contribution in [-0.4, -0.2) is 19.9 Å². The zero-order valence-corrected chi connectivity index (χ0v) is 10.4. The minimum Gasteiger partial charge on any atom is -0.496 e. The summed E-state index contributed by atoms with van der Waals surface area (Å²) in [4.78, 5) is 10.2. The monoisotopic (exact) mass is 221 g/mol. The molecule has 0 fully saturated rings. The Bertz CT molecular complexity index is 386. The first-order valence-corrected chi connectivity index (χ1v) is 5.39. The molecule has 0 amide bonds. The number of nitrogens with one attached hydrogen (secondary N) is 1. The van der Waals surface area contributed by atoms with Crippen molar-refractivity contribution in [2.45, 2.75) is 27.3 Å². The van der Waals surface area contributed by atoms with Crippen LogP contribution in [0.1, 0.15) is 22.3 Å². The van der Waals surface area contributed by atoms with Crippen molar-refractivity contribution in [3.63, 3.8) is 0 Å². The van der Waals surface area contributed by atoms with Crippen molar-refractivity contribution in [2.75, 3.05) is 13.7 Å². The lowest BCUT2D eigenvalue weighted by atomic mass is 9.98. The Balaban J connectivity index is 2.98. The Morgan fingerprint density at radius 3 is 2.56 bits per heavy atom. The van der Waals surface area contributed by atoms with Crippen molar-refractivity contribution in [3.8, 4) is 5.75 Å². The van der Waals surface area contributed by atoms with Crippen molar-refractivity contribution >= 4 is 6.29 Å². The zero-order chi connectivity index (χ0) is 12.1. The number of carbonyl (C=O) groups excluding carboxylic acids is 1. The van der Waals surface area contributed by atoms with Crippen LogP contribution in [0.3, 0.4) is 0 Å². The average molecular weight is 221 g/mol. The maximum Gasteiger partial charge on any atom is 0.133 e. The van der Waals surface area contributed by atoms with Gasteiger partial charge in [-0.3, -0.25) is 0 Å². The fraction of sp³-hybridized carbons (Fsp3) is 0.462. The van der Waals surface area contributed by atoms with E-state index in [1.54, 1.807) is 7.11 Å². The van der Waals surface area contributed by atoms with Gasteiger partial charge in [-0.15, -0.1) is 0 Å². The third kappa shape index (κ3) is 2.61. The van der Waals surface area contributed by atoms with E-state index in [1.165, 1.54) is 16.7 Å². The summed E-state index contributed by atoms with van der Waals surface area (Å²) in [6, 6.07) is 2.11. The van der Waals surface area contributed by atoms with Crippen LogP contribution in [0.15, 0.2) is 6.07 Å². The molecule has 1 aromatic rings. The van der Waals surface area contributed by atoms with Crippen molar-refractivity contribution < 1.29 is 9.53 Å². The Morgan fingerprint density at radius 2 is 2.00 bits per heavy atom. The highest BCUT2D eigenvalue weighted by molar-refractivity contribution is 5.52. The van der Waals surface area contributed by atoms with Crippen molar-refractivity contribution in [1.82, 2.24) is 5.32 Å². The molecule has 0 aliphatic carbocycles. The molecule has 1 aromatic carbocycles. The molecule has 0 radical (unpaired) electrons. The van der Waals surface area contributed by atoms with Gasteiger partial charge >= 0.3 is 0 Å². The summed E-state index contributed by atoms with van der Waals surface area (Å²) in [5, 5.41) is 3.08. The third-order valence-corrected chi connectivity index (χ3v) is 2.88. The summed E-state index contributed by atoms with van der Waals surface area (Å²) in [5.41, 5.74) is 4.75. The van der Waals surface area contributed by atoms with Crippen LogP contribution in [0.4, 0.5) is 0 Å². The van der Waals surface area contributed by atoms with E-state index in [0.29, 0.717) is 6.54 Å². The highest BCUT2D eigenvalue weighted by atomic mass is 16.5. The Morgan fingerprint density at radius 1 is 1.31 bits per heavy atom. The molecule has 1 N–H and O–H groups in total. The number of aldehydes is 1. The van der Waals surface area contributed by atoms with Gasteiger partial charge in [-0.25, -0.2) is 0 Å². The standard InChI is InChI=1S/C13H19NO2/c1-9-7-12(8-14-5-6-15)10(2)11(3)13(9)16-4/h6-7,14H,5,8H2,1-4H3. The second-order valence-corrected chi connectivity index (χ2v) is 3.93. The normalized spacial score (nSPS) is 10.2. The molecule has 1 rings (SSSR count). The van der Waals surface area contributed by atoms with E-state index in [1.807, 2.05) is 6.92 Å². The molecule has 0 saturated carbocycles. The van der Waals surface area contributed by atoms with E-state index in [2.05, 4.69) is 25.2 Å². The molecule has 0 heterocycles. The summed E-state index contributed by atoms with van der Waals surface area (Å²) >= 11 is 0. The molecule has 3 heteroatoms. The molecule has 0 atom stereocenters.